The second kappa shape index (κ2) is 9.13. The monoisotopic (exact) mass is 492 g/mol. The standard InChI is InChI=1S/C26H32N6O2S/c1-4-31-14-12-19(13-15-31)25-29-23(18-8-6-5-7-9-18)24(30-25)20-10-11-21-22(16-20)32(26(27)28-21)35(33,34)17(2)3/h5-11,16-17,19H,4,12-15H2,1-3H3,(H2,27,28)(H,29,30). The molecular weight excluding hydrogens is 460 g/mol. The van der Waals surface area contributed by atoms with Gasteiger partial charge in [0.2, 0.25) is 16.0 Å². The Bertz CT molecular complexity index is 1450. The molecule has 5 rings (SSSR count). The van der Waals surface area contributed by atoms with Crippen LogP contribution in [0.5, 0.6) is 0 Å². The zero-order valence-electron chi connectivity index (χ0n) is 20.4. The summed E-state index contributed by atoms with van der Waals surface area (Å²) in [5, 5.41) is -0.628. The highest BCUT2D eigenvalue weighted by molar-refractivity contribution is 7.90. The summed E-state index contributed by atoms with van der Waals surface area (Å²) in [6, 6.07) is 15.7. The van der Waals surface area contributed by atoms with Crippen LogP contribution in [0.25, 0.3) is 33.5 Å². The van der Waals surface area contributed by atoms with Gasteiger partial charge < -0.3 is 15.6 Å². The van der Waals surface area contributed by atoms with Crippen molar-refractivity contribution < 1.29 is 8.42 Å². The minimum atomic E-state index is -3.68. The summed E-state index contributed by atoms with van der Waals surface area (Å²) in [7, 11) is -3.68. The lowest BCUT2D eigenvalue weighted by Crippen LogP contribution is -2.32. The number of hydrogen-bond acceptors (Lipinski definition) is 6. The van der Waals surface area contributed by atoms with Crippen LogP contribution in [0.4, 0.5) is 5.95 Å². The number of nitrogen functional groups attached to an aromatic ring is 1. The molecular formula is C26H32N6O2S. The Balaban J connectivity index is 1.64. The highest BCUT2D eigenvalue weighted by atomic mass is 32.2. The Morgan fingerprint density at radius 2 is 1.77 bits per heavy atom. The van der Waals surface area contributed by atoms with Gasteiger partial charge in [-0.05, 0) is 58.5 Å². The van der Waals surface area contributed by atoms with E-state index in [4.69, 9.17) is 10.7 Å². The van der Waals surface area contributed by atoms with Crippen molar-refractivity contribution in [1.82, 2.24) is 23.8 Å². The van der Waals surface area contributed by atoms with Gasteiger partial charge in [0, 0.05) is 17.0 Å². The number of nitrogens with one attached hydrogen (secondary N) is 1. The quantitative estimate of drug-likeness (QED) is 0.411. The van der Waals surface area contributed by atoms with E-state index in [0.717, 1.165) is 64.8 Å². The van der Waals surface area contributed by atoms with Gasteiger partial charge in [-0.2, -0.15) is 0 Å². The van der Waals surface area contributed by atoms with Crippen molar-refractivity contribution in [2.24, 2.45) is 0 Å². The lowest BCUT2D eigenvalue weighted by molar-refractivity contribution is 0.219. The smallest absolute Gasteiger partial charge is 0.244 e. The van der Waals surface area contributed by atoms with Gasteiger partial charge in [-0.1, -0.05) is 43.3 Å². The lowest BCUT2D eigenvalue weighted by atomic mass is 9.96. The van der Waals surface area contributed by atoms with Gasteiger partial charge in [0.15, 0.2) is 0 Å². The van der Waals surface area contributed by atoms with E-state index < -0.39 is 15.3 Å². The van der Waals surface area contributed by atoms with Crippen LogP contribution in [-0.4, -0.2) is 57.1 Å². The van der Waals surface area contributed by atoms with E-state index in [9.17, 15) is 8.42 Å². The first-order valence-electron chi connectivity index (χ1n) is 12.2. The largest absolute Gasteiger partial charge is 0.368 e. The Hall–Kier alpha value is -3.17. The molecule has 3 N–H and O–H groups in total. The number of nitrogens with two attached hydrogens (primary N) is 1. The number of aromatic amines is 1. The first-order valence-corrected chi connectivity index (χ1v) is 13.7. The molecule has 4 aromatic rings. The fourth-order valence-corrected chi connectivity index (χ4v) is 5.97. The number of imidazole rings is 2. The highest BCUT2D eigenvalue weighted by Crippen LogP contribution is 2.36. The molecule has 2 aromatic heterocycles. The molecule has 9 heteroatoms. The van der Waals surface area contributed by atoms with E-state index in [-0.39, 0.29) is 5.95 Å². The number of benzene rings is 2. The van der Waals surface area contributed by atoms with Gasteiger partial charge in [0.25, 0.3) is 0 Å². The molecule has 1 saturated heterocycles. The predicted octanol–water partition coefficient (Wildman–Crippen LogP) is 4.46. The average molecular weight is 493 g/mol. The molecule has 1 aliphatic heterocycles. The number of H-pyrrole nitrogens is 1. The van der Waals surface area contributed by atoms with E-state index in [1.54, 1.807) is 13.8 Å². The number of fused-ring (bicyclic) bond motifs is 1. The summed E-state index contributed by atoms with van der Waals surface area (Å²) in [5.74, 6) is 1.32. The normalized spacial score (nSPS) is 15.9. The van der Waals surface area contributed by atoms with Crippen LogP contribution in [0.3, 0.4) is 0 Å². The van der Waals surface area contributed by atoms with Crippen molar-refractivity contribution in [2.75, 3.05) is 25.4 Å². The second-order valence-electron chi connectivity index (χ2n) is 9.45. The molecule has 0 aliphatic carbocycles. The summed E-state index contributed by atoms with van der Waals surface area (Å²) in [4.78, 5) is 15.5. The van der Waals surface area contributed by atoms with Crippen LogP contribution in [0, 0.1) is 0 Å². The van der Waals surface area contributed by atoms with E-state index in [1.165, 1.54) is 0 Å². The summed E-state index contributed by atoms with van der Waals surface area (Å²) < 4.78 is 27.2. The van der Waals surface area contributed by atoms with Gasteiger partial charge in [-0.3, -0.25) is 0 Å². The van der Waals surface area contributed by atoms with Gasteiger partial charge in [0.05, 0.1) is 27.7 Å². The maximum Gasteiger partial charge on any atom is 0.244 e. The number of nitrogens with zero attached hydrogens (tertiary/aromatic N) is 4. The molecule has 0 radical (unpaired) electrons. The molecule has 35 heavy (non-hydrogen) atoms. The topological polar surface area (TPSA) is 110 Å². The minimum absolute atomic E-state index is 0.0282. The van der Waals surface area contributed by atoms with Gasteiger partial charge in [-0.25, -0.2) is 22.4 Å². The molecule has 0 atom stereocenters. The maximum absolute atomic E-state index is 13.0. The number of hydrogen-bond donors (Lipinski definition) is 2. The third-order valence-electron chi connectivity index (χ3n) is 6.97. The van der Waals surface area contributed by atoms with E-state index >= 15 is 0 Å². The zero-order chi connectivity index (χ0) is 24.7. The van der Waals surface area contributed by atoms with Crippen molar-refractivity contribution in [3.8, 4) is 22.5 Å². The fraction of sp³-hybridized carbons (Fsp3) is 0.385. The molecule has 1 aliphatic rings. The predicted molar refractivity (Wildman–Crippen MR) is 141 cm³/mol. The van der Waals surface area contributed by atoms with Crippen molar-refractivity contribution in [2.45, 2.75) is 44.8 Å². The molecule has 0 unspecified atom stereocenters. The number of piperidine rings is 1. The van der Waals surface area contributed by atoms with Gasteiger partial charge in [-0.15, -0.1) is 0 Å². The van der Waals surface area contributed by atoms with Crippen LogP contribution in [0.15, 0.2) is 48.5 Å². The summed E-state index contributed by atoms with van der Waals surface area (Å²) in [5.41, 5.74) is 10.7. The van der Waals surface area contributed by atoms with Crippen molar-refractivity contribution in [1.29, 1.82) is 0 Å². The molecule has 0 spiro atoms. The second-order valence-corrected chi connectivity index (χ2v) is 11.8. The Morgan fingerprint density at radius 3 is 2.43 bits per heavy atom. The molecule has 184 valence electrons. The van der Waals surface area contributed by atoms with Crippen LogP contribution in [0.1, 0.15) is 45.4 Å². The van der Waals surface area contributed by atoms with E-state index in [2.05, 4.69) is 33.9 Å². The van der Waals surface area contributed by atoms with Gasteiger partial charge in [0.1, 0.15) is 5.82 Å². The fourth-order valence-electron chi connectivity index (χ4n) is 4.83. The number of likely N-dealkylation sites (tertiary alicyclic amines) is 1. The van der Waals surface area contributed by atoms with Gasteiger partial charge >= 0.3 is 0 Å². The highest BCUT2D eigenvalue weighted by Gasteiger charge is 2.27. The minimum Gasteiger partial charge on any atom is -0.368 e. The Labute approximate surface area is 206 Å². The Morgan fingerprint density at radius 1 is 1.06 bits per heavy atom. The Kier molecular flexibility index (Phi) is 6.14. The summed E-state index contributed by atoms with van der Waals surface area (Å²) in [6.07, 6.45) is 2.12. The molecule has 2 aromatic carbocycles. The third kappa shape index (κ3) is 4.23. The van der Waals surface area contributed by atoms with Crippen molar-refractivity contribution >= 4 is 27.0 Å². The molecule has 1 fully saturated rings. The summed E-state index contributed by atoms with van der Waals surface area (Å²) in [6.45, 7) is 8.68. The van der Waals surface area contributed by atoms with E-state index in [1.807, 2.05) is 36.4 Å². The molecule has 3 heterocycles. The first-order chi connectivity index (χ1) is 16.8. The van der Waals surface area contributed by atoms with Crippen molar-refractivity contribution in [3.63, 3.8) is 0 Å². The lowest BCUT2D eigenvalue weighted by Gasteiger charge is -2.29. The van der Waals surface area contributed by atoms with E-state index in [0.29, 0.717) is 17.0 Å². The van der Waals surface area contributed by atoms with Crippen LogP contribution >= 0.6 is 0 Å². The van der Waals surface area contributed by atoms with Crippen LogP contribution < -0.4 is 5.73 Å². The number of rotatable bonds is 6. The third-order valence-corrected chi connectivity index (χ3v) is 9.05. The molecule has 0 bridgehead atoms. The SMILES string of the molecule is CCN1CCC(c2nc(-c3ccc4nc(N)n(S(=O)(=O)C(C)C)c4c3)c(-c3ccccc3)[nH]2)CC1. The van der Waals surface area contributed by atoms with Crippen LogP contribution in [0.2, 0.25) is 0 Å². The molecule has 0 amide bonds. The molecule has 8 nitrogen and oxygen atoms in total. The van der Waals surface area contributed by atoms with Crippen LogP contribution in [-0.2, 0) is 10.0 Å². The zero-order valence-corrected chi connectivity index (χ0v) is 21.2. The average Bonchev–Trinajstić information content (AvgIpc) is 3.45. The molecule has 0 saturated carbocycles. The maximum atomic E-state index is 13.0. The van der Waals surface area contributed by atoms with Crippen molar-refractivity contribution in [3.05, 3.63) is 54.4 Å². The number of aromatic nitrogens is 4. The first kappa shape index (κ1) is 23.6. The number of anilines is 1. The summed E-state index contributed by atoms with van der Waals surface area (Å²) >= 11 is 0.